The highest BCUT2D eigenvalue weighted by Gasteiger charge is 2.27. The lowest BCUT2D eigenvalue weighted by atomic mass is 10.4. The van der Waals surface area contributed by atoms with Crippen LogP contribution >= 0.6 is 11.6 Å². The van der Waals surface area contributed by atoms with E-state index in [1.54, 1.807) is 6.07 Å². The normalized spacial score (nSPS) is 11.4. The third-order valence-electron chi connectivity index (χ3n) is 2.10. The lowest BCUT2D eigenvalue weighted by molar-refractivity contribution is -0.137. The van der Waals surface area contributed by atoms with E-state index in [9.17, 15) is 13.2 Å². The first-order chi connectivity index (χ1) is 8.39. The van der Waals surface area contributed by atoms with Gasteiger partial charge in [0.15, 0.2) is 0 Å². The summed E-state index contributed by atoms with van der Waals surface area (Å²) in [4.78, 5) is 10.6. The largest absolute Gasteiger partial charge is 0.480 e. The standard InChI is InChI=1S/C11H12ClNO4S/c1-2-7-13(8-11(14)15)18(16,17)10-6-4-3-5-9(10)12/h2-6H,1,7-8H2,(H,14,15). The minimum absolute atomic E-state index is 0.0527. The van der Waals surface area contributed by atoms with Crippen LogP contribution < -0.4 is 0 Å². The van der Waals surface area contributed by atoms with Gasteiger partial charge in [-0.1, -0.05) is 29.8 Å². The zero-order chi connectivity index (χ0) is 13.8. The second kappa shape index (κ2) is 5.99. The van der Waals surface area contributed by atoms with Gasteiger partial charge in [-0.3, -0.25) is 4.79 Å². The minimum atomic E-state index is -3.94. The Kier molecular flexibility index (Phi) is 4.89. The zero-order valence-corrected chi connectivity index (χ0v) is 11.0. The van der Waals surface area contributed by atoms with Gasteiger partial charge in [-0.05, 0) is 12.1 Å². The average Bonchev–Trinajstić information content (AvgIpc) is 2.28. The summed E-state index contributed by atoms with van der Waals surface area (Å²) in [5.41, 5.74) is 0. The predicted molar refractivity (Wildman–Crippen MR) is 68.0 cm³/mol. The van der Waals surface area contributed by atoms with E-state index < -0.39 is 22.5 Å². The summed E-state index contributed by atoms with van der Waals surface area (Å²) in [7, 11) is -3.94. The van der Waals surface area contributed by atoms with Gasteiger partial charge in [0.1, 0.15) is 11.4 Å². The molecule has 0 aliphatic rings. The van der Waals surface area contributed by atoms with Gasteiger partial charge in [0.05, 0.1) is 5.02 Å². The number of rotatable bonds is 6. The van der Waals surface area contributed by atoms with Crippen LogP contribution in [-0.2, 0) is 14.8 Å². The van der Waals surface area contributed by atoms with E-state index in [4.69, 9.17) is 16.7 Å². The van der Waals surface area contributed by atoms with E-state index in [2.05, 4.69) is 6.58 Å². The Balaban J connectivity index is 3.21. The van der Waals surface area contributed by atoms with Crippen LogP contribution in [0.3, 0.4) is 0 Å². The molecule has 0 aliphatic heterocycles. The number of benzene rings is 1. The van der Waals surface area contributed by atoms with Crippen LogP contribution in [0.25, 0.3) is 0 Å². The molecule has 5 nitrogen and oxygen atoms in total. The monoisotopic (exact) mass is 289 g/mol. The van der Waals surface area contributed by atoms with Gasteiger partial charge in [-0.2, -0.15) is 4.31 Å². The molecule has 0 spiro atoms. The SMILES string of the molecule is C=CCN(CC(=O)O)S(=O)(=O)c1ccccc1Cl. The number of hydrogen-bond donors (Lipinski definition) is 1. The minimum Gasteiger partial charge on any atom is -0.480 e. The molecule has 0 amide bonds. The summed E-state index contributed by atoms with van der Waals surface area (Å²) >= 11 is 5.81. The van der Waals surface area contributed by atoms with Gasteiger partial charge in [-0.15, -0.1) is 6.58 Å². The second-order valence-corrected chi connectivity index (χ2v) is 5.72. The Labute approximate surface area is 110 Å². The van der Waals surface area contributed by atoms with Crippen LogP contribution in [0.2, 0.25) is 5.02 Å². The van der Waals surface area contributed by atoms with Gasteiger partial charge in [-0.25, -0.2) is 8.42 Å². The smallest absolute Gasteiger partial charge is 0.318 e. The fraction of sp³-hybridized carbons (Fsp3) is 0.182. The van der Waals surface area contributed by atoms with Gasteiger partial charge < -0.3 is 5.11 Å². The molecule has 0 heterocycles. The van der Waals surface area contributed by atoms with Crippen molar-refractivity contribution in [3.63, 3.8) is 0 Å². The number of halogens is 1. The molecule has 0 radical (unpaired) electrons. The van der Waals surface area contributed by atoms with Crippen LogP contribution in [0.4, 0.5) is 0 Å². The van der Waals surface area contributed by atoms with Crippen molar-refractivity contribution < 1.29 is 18.3 Å². The van der Waals surface area contributed by atoms with Crippen molar-refractivity contribution in [3.05, 3.63) is 41.9 Å². The Hall–Kier alpha value is -1.37. The zero-order valence-electron chi connectivity index (χ0n) is 9.41. The summed E-state index contributed by atoms with van der Waals surface area (Å²) in [6.45, 7) is 2.67. The molecule has 0 fully saturated rings. The molecule has 0 bridgehead atoms. The number of hydrogen-bond acceptors (Lipinski definition) is 3. The van der Waals surface area contributed by atoms with Crippen molar-refractivity contribution in [1.82, 2.24) is 4.31 Å². The van der Waals surface area contributed by atoms with E-state index in [0.717, 1.165) is 4.31 Å². The molecular formula is C11H12ClNO4S. The summed E-state index contributed by atoms with van der Waals surface area (Å²) in [6, 6.07) is 5.87. The van der Waals surface area contributed by atoms with E-state index in [1.807, 2.05) is 0 Å². The second-order valence-electron chi connectivity index (χ2n) is 3.41. The van der Waals surface area contributed by atoms with Gasteiger partial charge in [0, 0.05) is 6.54 Å². The lowest BCUT2D eigenvalue weighted by Gasteiger charge is -2.19. The maximum absolute atomic E-state index is 12.2. The summed E-state index contributed by atoms with van der Waals surface area (Å²) in [5, 5.41) is 8.77. The maximum atomic E-state index is 12.2. The van der Waals surface area contributed by atoms with E-state index >= 15 is 0 Å². The highest BCUT2D eigenvalue weighted by molar-refractivity contribution is 7.89. The van der Waals surface area contributed by atoms with Crippen molar-refractivity contribution in [2.75, 3.05) is 13.1 Å². The molecule has 0 atom stereocenters. The Morgan fingerprint density at radius 3 is 2.56 bits per heavy atom. The summed E-state index contributed by atoms with van der Waals surface area (Å²) in [5.74, 6) is -1.24. The Morgan fingerprint density at radius 2 is 2.06 bits per heavy atom. The Morgan fingerprint density at radius 1 is 1.44 bits per heavy atom. The third kappa shape index (κ3) is 3.32. The van der Waals surface area contributed by atoms with E-state index in [1.165, 1.54) is 24.3 Å². The summed E-state index contributed by atoms with van der Waals surface area (Å²) in [6.07, 6.45) is 1.32. The quantitative estimate of drug-likeness (QED) is 0.807. The van der Waals surface area contributed by atoms with Crippen molar-refractivity contribution in [2.24, 2.45) is 0 Å². The summed E-state index contributed by atoms with van der Waals surface area (Å²) < 4.78 is 25.2. The van der Waals surface area contributed by atoms with Crippen LogP contribution in [0.1, 0.15) is 0 Å². The van der Waals surface area contributed by atoms with Crippen molar-refractivity contribution in [3.8, 4) is 0 Å². The lowest BCUT2D eigenvalue weighted by Crippen LogP contribution is -2.35. The fourth-order valence-electron chi connectivity index (χ4n) is 1.34. The molecule has 1 N–H and O–H groups in total. The number of sulfonamides is 1. The first-order valence-corrected chi connectivity index (χ1v) is 6.78. The maximum Gasteiger partial charge on any atom is 0.318 e. The molecule has 0 saturated carbocycles. The molecule has 98 valence electrons. The number of carboxylic acids is 1. The number of carboxylic acid groups (broad SMARTS) is 1. The van der Waals surface area contributed by atoms with Gasteiger partial charge in [0.25, 0.3) is 0 Å². The van der Waals surface area contributed by atoms with E-state index in [0.29, 0.717) is 0 Å². The van der Waals surface area contributed by atoms with E-state index in [-0.39, 0.29) is 16.5 Å². The van der Waals surface area contributed by atoms with Crippen molar-refractivity contribution >= 4 is 27.6 Å². The van der Waals surface area contributed by atoms with Crippen LogP contribution in [0.5, 0.6) is 0 Å². The molecule has 0 aliphatic carbocycles. The molecule has 18 heavy (non-hydrogen) atoms. The van der Waals surface area contributed by atoms with Crippen LogP contribution in [0.15, 0.2) is 41.8 Å². The first-order valence-electron chi connectivity index (χ1n) is 4.97. The highest BCUT2D eigenvalue weighted by Crippen LogP contribution is 2.23. The molecule has 0 saturated heterocycles. The molecule has 1 rings (SSSR count). The number of carbonyl (C=O) groups is 1. The fourth-order valence-corrected chi connectivity index (χ4v) is 3.19. The van der Waals surface area contributed by atoms with Crippen LogP contribution in [-0.4, -0.2) is 36.9 Å². The average molecular weight is 290 g/mol. The molecule has 7 heteroatoms. The number of nitrogens with zero attached hydrogens (tertiary/aromatic N) is 1. The first kappa shape index (κ1) is 14.7. The van der Waals surface area contributed by atoms with Gasteiger partial charge >= 0.3 is 5.97 Å². The predicted octanol–water partition coefficient (Wildman–Crippen LogP) is 1.60. The van der Waals surface area contributed by atoms with Crippen molar-refractivity contribution in [1.29, 1.82) is 0 Å². The molecule has 0 unspecified atom stereocenters. The highest BCUT2D eigenvalue weighted by atomic mass is 35.5. The van der Waals surface area contributed by atoms with Gasteiger partial charge in [0.2, 0.25) is 10.0 Å². The molecule has 1 aromatic carbocycles. The Bertz CT molecular complexity index is 556. The van der Waals surface area contributed by atoms with Crippen LogP contribution in [0, 0.1) is 0 Å². The number of aliphatic carboxylic acids is 1. The van der Waals surface area contributed by atoms with Crippen molar-refractivity contribution in [2.45, 2.75) is 4.90 Å². The molecular weight excluding hydrogens is 278 g/mol. The molecule has 0 aromatic heterocycles. The molecule has 1 aromatic rings. The topological polar surface area (TPSA) is 74.7 Å². The third-order valence-corrected chi connectivity index (χ3v) is 4.41.